The third-order valence-electron chi connectivity index (χ3n) is 6.08. The van der Waals surface area contributed by atoms with Gasteiger partial charge in [-0.25, -0.2) is 4.79 Å². The molecular weight excluding hydrogens is 450 g/mol. The average molecular weight is 480 g/mol. The van der Waals surface area contributed by atoms with Gasteiger partial charge in [-0.15, -0.1) is 15.3 Å². The van der Waals surface area contributed by atoms with E-state index >= 15 is 0 Å². The first-order chi connectivity index (χ1) is 16.8. The van der Waals surface area contributed by atoms with Crippen LogP contribution < -0.4 is 5.32 Å². The Morgan fingerprint density at radius 2 is 2.00 bits per heavy atom. The summed E-state index contributed by atoms with van der Waals surface area (Å²) in [5.41, 5.74) is 1.40. The van der Waals surface area contributed by atoms with Gasteiger partial charge in [-0.1, -0.05) is 23.4 Å². The number of benzene rings is 1. The van der Waals surface area contributed by atoms with Crippen molar-refractivity contribution >= 4 is 12.0 Å². The van der Waals surface area contributed by atoms with Gasteiger partial charge in [0, 0.05) is 24.3 Å². The molecule has 2 atom stereocenters. The largest absolute Gasteiger partial charge is 0.444 e. The lowest BCUT2D eigenvalue weighted by Gasteiger charge is -2.28. The zero-order chi connectivity index (χ0) is 24.6. The van der Waals surface area contributed by atoms with Crippen LogP contribution in [0.1, 0.15) is 62.2 Å². The Labute approximate surface area is 202 Å². The van der Waals surface area contributed by atoms with Crippen LogP contribution in [0, 0.1) is 0 Å². The van der Waals surface area contributed by atoms with Gasteiger partial charge in [0.2, 0.25) is 5.89 Å². The molecule has 3 aromatic rings. The fourth-order valence-electron chi connectivity index (χ4n) is 4.40. The van der Waals surface area contributed by atoms with Crippen molar-refractivity contribution in [2.75, 3.05) is 6.54 Å². The number of hydrogen-bond donors (Lipinski definition) is 1. The summed E-state index contributed by atoms with van der Waals surface area (Å²) >= 11 is 0. The van der Waals surface area contributed by atoms with Crippen molar-refractivity contribution < 1.29 is 18.7 Å². The molecule has 1 saturated carbocycles. The smallest absolute Gasteiger partial charge is 0.410 e. The van der Waals surface area contributed by atoms with Crippen molar-refractivity contribution in [3.05, 3.63) is 48.1 Å². The van der Waals surface area contributed by atoms with Gasteiger partial charge in [0.25, 0.3) is 0 Å². The summed E-state index contributed by atoms with van der Waals surface area (Å²) in [6, 6.07) is 7.39. The second-order valence-electron chi connectivity index (χ2n) is 10.1. The van der Waals surface area contributed by atoms with E-state index in [0.717, 1.165) is 18.4 Å². The number of nitrogens with zero attached hydrogens (tertiary/aromatic N) is 6. The molecular formula is C24H29N7O4. The lowest BCUT2D eigenvalue weighted by atomic mass is 10.0. The van der Waals surface area contributed by atoms with Gasteiger partial charge < -0.3 is 19.4 Å². The maximum Gasteiger partial charge on any atom is 0.410 e. The predicted octanol–water partition coefficient (Wildman–Crippen LogP) is 3.01. The van der Waals surface area contributed by atoms with Crippen molar-refractivity contribution in [2.45, 2.75) is 70.2 Å². The molecule has 1 aliphatic heterocycles. The molecule has 0 spiro atoms. The molecule has 5 rings (SSSR count). The van der Waals surface area contributed by atoms with Crippen molar-refractivity contribution in [1.82, 2.24) is 35.4 Å². The van der Waals surface area contributed by atoms with Crippen LogP contribution in [0.2, 0.25) is 0 Å². The Morgan fingerprint density at radius 3 is 2.71 bits per heavy atom. The summed E-state index contributed by atoms with van der Waals surface area (Å²) in [7, 11) is 0. The van der Waals surface area contributed by atoms with Crippen LogP contribution in [-0.2, 0) is 11.3 Å². The highest BCUT2D eigenvalue weighted by Gasteiger charge is 2.39. The molecule has 0 radical (unpaired) electrons. The number of hydrogen-bond acceptors (Lipinski definition) is 8. The Bertz CT molecular complexity index is 1200. The van der Waals surface area contributed by atoms with E-state index in [1.165, 1.54) is 5.56 Å². The van der Waals surface area contributed by atoms with E-state index in [0.29, 0.717) is 31.3 Å². The zero-order valence-corrected chi connectivity index (χ0v) is 20.0. The molecule has 184 valence electrons. The lowest BCUT2D eigenvalue weighted by Crippen LogP contribution is -2.43. The summed E-state index contributed by atoms with van der Waals surface area (Å²) in [5.74, 6) is 0.274. The third kappa shape index (κ3) is 5.33. The van der Waals surface area contributed by atoms with Gasteiger partial charge in [0.05, 0.1) is 18.8 Å². The van der Waals surface area contributed by atoms with Crippen LogP contribution in [0.15, 0.2) is 41.1 Å². The molecule has 2 amide bonds. The average Bonchev–Trinajstić information content (AvgIpc) is 3.17. The van der Waals surface area contributed by atoms with Crippen molar-refractivity contribution in [3.63, 3.8) is 0 Å². The number of aromatic nitrogens is 5. The van der Waals surface area contributed by atoms with Gasteiger partial charge in [-0.05, 0) is 57.6 Å². The molecule has 1 saturated heterocycles. The maximum atomic E-state index is 12.9. The molecule has 1 aliphatic carbocycles. The second-order valence-corrected chi connectivity index (χ2v) is 10.1. The van der Waals surface area contributed by atoms with E-state index in [9.17, 15) is 9.59 Å². The molecule has 2 aliphatic rings. The van der Waals surface area contributed by atoms with Crippen LogP contribution in [0.3, 0.4) is 0 Å². The number of amides is 2. The molecule has 1 N–H and O–H groups in total. The minimum atomic E-state index is -0.632. The number of likely N-dealkylation sites (tertiary alicyclic amines) is 1. The molecule has 3 heterocycles. The Hall–Kier alpha value is -3.76. The summed E-state index contributed by atoms with van der Waals surface area (Å²) in [4.78, 5) is 27.4. The summed E-state index contributed by atoms with van der Waals surface area (Å²) in [6.07, 6.45) is 5.69. The fourth-order valence-corrected chi connectivity index (χ4v) is 4.40. The minimum absolute atomic E-state index is 0.103. The van der Waals surface area contributed by atoms with Gasteiger partial charge in [0.1, 0.15) is 5.60 Å². The zero-order valence-electron chi connectivity index (χ0n) is 20.0. The molecule has 11 heteroatoms. The monoisotopic (exact) mass is 479 g/mol. The van der Waals surface area contributed by atoms with E-state index in [1.54, 1.807) is 22.0 Å². The lowest BCUT2D eigenvalue weighted by molar-refractivity contribution is 0.0207. The standard InChI is InChI=1S/C24H29N7O4/c1-24(2,3)35-23(33)31-13-16(12-17(31)14-30-11-10-25-29-30)26-20(32)22-28-27-21(34-22)19-7-5-4-6-18(19)15-8-9-15/h4-7,10-11,15-17H,8-9,12-14H2,1-3H3,(H,26,32)/t16?,17-/m1/s1. The summed E-state index contributed by atoms with van der Waals surface area (Å²) in [5, 5.41) is 18.9. The Morgan fingerprint density at radius 1 is 1.20 bits per heavy atom. The van der Waals surface area contributed by atoms with Crippen molar-refractivity contribution in [1.29, 1.82) is 0 Å². The highest BCUT2D eigenvalue weighted by molar-refractivity contribution is 5.90. The normalized spacial score (nSPS) is 20.1. The summed E-state index contributed by atoms with van der Waals surface area (Å²) in [6.45, 7) is 6.20. The number of nitrogens with one attached hydrogen (secondary N) is 1. The van der Waals surface area contributed by atoms with Crippen LogP contribution in [0.25, 0.3) is 11.5 Å². The number of carbonyl (C=O) groups is 2. The van der Waals surface area contributed by atoms with E-state index in [1.807, 2.05) is 39.0 Å². The van der Waals surface area contributed by atoms with Crippen molar-refractivity contribution in [2.24, 2.45) is 0 Å². The first-order valence-electron chi connectivity index (χ1n) is 11.8. The van der Waals surface area contributed by atoms with E-state index in [2.05, 4.69) is 31.9 Å². The fraction of sp³-hybridized carbons (Fsp3) is 0.500. The molecule has 35 heavy (non-hydrogen) atoms. The molecule has 11 nitrogen and oxygen atoms in total. The molecule has 0 bridgehead atoms. The van der Waals surface area contributed by atoms with Gasteiger partial charge in [-0.2, -0.15) is 0 Å². The SMILES string of the molecule is CC(C)(C)OC(=O)N1CC(NC(=O)c2nnc(-c3ccccc3C3CC3)o2)C[C@@H]1Cn1ccnn1. The summed E-state index contributed by atoms with van der Waals surface area (Å²) < 4.78 is 13.0. The minimum Gasteiger partial charge on any atom is -0.444 e. The van der Waals surface area contributed by atoms with Gasteiger partial charge in [0.15, 0.2) is 0 Å². The molecule has 2 fully saturated rings. The molecule has 1 aromatic carbocycles. The highest BCUT2D eigenvalue weighted by atomic mass is 16.6. The van der Waals surface area contributed by atoms with Gasteiger partial charge >= 0.3 is 17.9 Å². The maximum absolute atomic E-state index is 12.9. The van der Waals surface area contributed by atoms with E-state index in [4.69, 9.17) is 9.15 Å². The number of carbonyl (C=O) groups excluding carboxylic acids is 2. The van der Waals surface area contributed by atoms with Crippen LogP contribution in [-0.4, -0.2) is 66.3 Å². The topological polar surface area (TPSA) is 128 Å². The van der Waals surface area contributed by atoms with Crippen LogP contribution in [0.5, 0.6) is 0 Å². The first-order valence-corrected chi connectivity index (χ1v) is 11.8. The quantitative estimate of drug-likeness (QED) is 0.571. The first kappa shape index (κ1) is 23.0. The number of rotatable bonds is 6. The second kappa shape index (κ2) is 9.12. The van der Waals surface area contributed by atoms with E-state index < -0.39 is 17.6 Å². The van der Waals surface area contributed by atoms with Gasteiger partial charge in [-0.3, -0.25) is 9.48 Å². The highest BCUT2D eigenvalue weighted by Crippen LogP contribution is 2.44. The van der Waals surface area contributed by atoms with Crippen LogP contribution in [0.4, 0.5) is 4.79 Å². The predicted molar refractivity (Wildman–Crippen MR) is 124 cm³/mol. The third-order valence-corrected chi connectivity index (χ3v) is 6.08. The van der Waals surface area contributed by atoms with Crippen molar-refractivity contribution in [3.8, 4) is 11.5 Å². The Balaban J connectivity index is 1.28. The van der Waals surface area contributed by atoms with E-state index in [-0.39, 0.29) is 18.0 Å². The molecule has 2 aromatic heterocycles. The van der Waals surface area contributed by atoms with Crippen LogP contribution >= 0.6 is 0 Å². The number of ether oxygens (including phenoxy) is 1. The Kier molecular flexibility index (Phi) is 6.00. The molecule has 1 unspecified atom stereocenters.